The van der Waals surface area contributed by atoms with Crippen LogP contribution in [0.5, 0.6) is 0 Å². The number of hydrogen-bond acceptors (Lipinski definition) is 5. The number of halogens is 1. The van der Waals surface area contributed by atoms with E-state index in [0.717, 1.165) is 4.41 Å². The van der Waals surface area contributed by atoms with E-state index in [9.17, 15) is 21.2 Å². The first-order valence-electron chi connectivity index (χ1n) is 10.2. The fourth-order valence-electron chi connectivity index (χ4n) is 3.61. The highest BCUT2D eigenvalue weighted by Gasteiger charge is 2.39. The molecule has 0 aromatic heterocycles. The van der Waals surface area contributed by atoms with Crippen molar-refractivity contribution in [1.82, 2.24) is 4.41 Å². The molecule has 1 unspecified atom stereocenters. The Morgan fingerprint density at radius 3 is 2.27 bits per heavy atom. The first-order valence-corrected chi connectivity index (χ1v) is 13.3. The fourth-order valence-corrected chi connectivity index (χ4v) is 5.72. The van der Waals surface area contributed by atoms with E-state index in [1.807, 2.05) is 0 Å². The number of nitrogens with zero attached hydrogens (tertiary/aromatic N) is 2. The molecule has 0 saturated carbocycles. The van der Waals surface area contributed by atoms with Gasteiger partial charge in [0.05, 0.1) is 28.1 Å². The van der Waals surface area contributed by atoms with Crippen molar-refractivity contribution in [3.05, 3.63) is 95.8 Å². The highest BCUT2D eigenvalue weighted by molar-refractivity contribution is 7.92. The van der Waals surface area contributed by atoms with Crippen molar-refractivity contribution in [2.45, 2.75) is 24.3 Å². The molecule has 3 aromatic carbocycles. The zero-order chi connectivity index (χ0) is 23.6. The van der Waals surface area contributed by atoms with Gasteiger partial charge in [-0.2, -0.15) is 17.9 Å². The Bertz CT molecular complexity index is 1410. The molecular weight excluding hydrogens is 465 g/mol. The van der Waals surface area contributed by atoms with Crippen LogP contribution < -0.4 is 4.72 Å². The molecule has 4 rings (SSSR count). The van der Waals surface area contributed by atoms with Gasteiger partial charge in [-0.3, -0.25) is 4.72 Å². The molecule has 1 heterocycles. The van der Waals surface area contributed by atoms with Gasteiger partial charge in [-0.15, -0.1) is 0 Å². The molecule has 0 bridgehead atoms. The number of sulfonamides is 2. The quantitative estimate of drug-likeness (QED) is 0.542. The van der Waals surface area contributed by atoms with Crippen LogP contribution in [0.3, 0.4) is 0 Å². The molecule has 1 atom stereocenters. The molecule has 33 heavy (non-hydrogen) atoms. The lowest BCUT2D eigenvalue weighted by Crippen LogP contribution is -2.27. The lowest BCUT2D eigenvalue weighted by molar-refractivity contribution is 0.362. The van der Waals surface area contributed by atoms with Crippen LogP contribution in [-0.2, 0) is 20.0 Å². The van der Waals surface area contributed by atoms with Gasteiger partial charge < -0.3 is 0 Å². The molecule has 1 aliphatic rings. The van der Waals surface area contributed by atoms with Crippen LogP contribution in [-0.4, -0.2) is 32.7 Å². The van der Waals surface area contributed by atoms with Gasteiger partial charge in [-0.05, 0) is 31.2 Å². The highest BCUT2D eigenvalue weighted by Crippen LogP contribution is 2.39. The topological polar surface area (TPSA) is 95.9 Å². The number of para-hydroxylation sites is 1. The number of rotatable bonds is 7. The third kappa shape index (κ3) is 4.62. The number of hydrogen-bond donors (Lipinski definition) is 1. The predicted molar refractivity (Wildman–Crippen MR) is 125 cm³/mol. The zero-order valence-electron chi connectivity index (χ0n) is 17.7. The Labute approximate surface area is 192 Å². The smallest absolute Gasteiger partial charge is 0.279 e. The molecule has 3 aromatic rings. The number of nitrogens with one attached hydrogen (secondary N) is 1. The van der Waals surface area contributed by atoms with Gasteiger partial charge in [0.15, 0.2) is 0 Å². The van der Waals surface area contributed by atoms with Gasteiger partial charge in [-0.1, -0.05) is 54.6 Å². The molecule has 0 fully saturated rings. The highest BCUT2D eigenvalue weighted by atomic mass is 32.2. The van der Waals surface area contributed by atoms with Crippen LogP contribution in [0, 0.1) is 5.82 Å². The zero-order valence-corrected chi connectivity index (χ0v) is 19.4. The van der Waals surface area contributed by atoms with Crippen LogP contribution in [0.15, 0.2) is 88.9 Å². The number of anilines is 1. The summed E-state index contributed by atoms with van der Waals surface area (Å²) in [6.07, 6.45) is 0.0673. The average Bonchev–Trinajstić information content (AvgIpc) is 3.26. The first kappa shape index (κ1) is 22.9. The second-order valence-electron chi connectivity index (χ2n) is 7.43. The normalized spacial score (nSPS) is 16.5. The summed E-state index contributed by atoms with van der Waals surface area (Å²) >= 11 is 0. The van der Waals surface area contributed by atoms with Gasteiger partial charge in [0, 0.05) is 17.5 Å². The van der Waals surface area contributed by atoms with Gasteiger partial charge in [-0.25, -0.2) is 12.8 Å². The average molecular weight is 488 g/mol. The second-order valence-corrected chi connectivity index (χ2v) is 11.2. The first-order chi connectivity index (χ1) is 15.7. The van der Waals surface area contributed by atoms with Gasteiger partial charge >= 0.3 is 0 Å². The van der Waals surface area contributed by atoms with Crippen LogP contribution >= 0.6 is 0 Å². The molecule has 0 aliphatic carbocycles. The maximum Gasteiger partial charge on any atom is 0.279 e. The lowest BCUT2D eigenvalue weighted by atomic mass is 9.98. The summed E-state index contributed by atoms with van der Waals surface area (Å²) in [5.41, 5.74) is 1.23. The molecule has 0 radical (unpaired) electrons. The summed E-state index contributed by atoms with van der Waals surface area (Å²) in [6.45, 7) is 1.51. The molecule has 10 heteroatoms. The summed E-state index contributed by atoms with van der Waals surface area (Å²) in [5, 5.41) is 4.38. The Hall–Kier alpha value is -3.24. The maximum atomic E-state index is 14.7. The van der Waals surface area contributed by atoms with Crippen LogP contribution in [0.4, 0.5) is 10.1 Å². The van der Waals surface area contributed by atoms with Crippen molar-refractivity contribution in [2.75, 3.05) is 10.5 Å². The maximum absolute atomic E-state index is 14.7. The number of benzene rings is 3. The van der Waals surface area contributed by atoms with Crippen molar-refractivity contribution in [2.24, 2.45) is 5.10 Å². The fraction of sp³-hybridized carbons (Fsp3) is 0.174. The van der Waals surface area contributed by atoms with E-state index >= 15 is 0 Å². The SMILES string of the molecule is CCS(=O)(=O)Nc1ccccc1C1=NN(S(=O)(=O)c2ccccc2)C(c2ccccc2F)C1. The standard InChI is InChI=1S/C23H22FN3O4S2/c1-2-32(28,29)26-21-15-9-7-13-19(21)22-16-23(18-12-6-8-14-20(18)24)27(25-22)33(30,31)17-10-4-3-5-11-17/h3-15,23,26H,2,16H2,1H3. The Morgan fingerprint density at radius 1 is 0.939 bits per heavy atom. The van der Waals surface area contributed by atoms with Gasteiger partial charge in [0.25, 0.3) is 10.0 Å². The van der Waals surface area contributed by atoms with E-state index in [-0.39, 0.29) is 28.3 Å². The Balaban J connectivity index is 1.84. The van der Waals surface area contributed by atoms with E-state index in [0.29, 0.717) is 11.3 Å². The Kier molecular flexibility index (Phi) is 6.22. The van der Waals surface area contributed by atoms with Crippen LogP contribution in [0.25, 0.3) is 0 Å². The number of hydrazone groups is 1. The largest absolute Gasteiger partial charge is 0.283 e. The molecule has 0 saturated heterocycles. The van der Waals surface area contributed by atoms with E-state index in [1.165, 1.54) is 37.3 Å². The summed E-state index contributed by atoms with van der Waals surface area (Å²) in [5.74, 6) is -0.674. The predicted octanol–water partition coefficient (Wildman–Crippen LogP) is 4.13. The third-order valence-electron chi connectivity index (χ3n) is 5.31. The van der Waals surface area contributed by atoms with Crippen molar-refractivity contribution in [3.63, 3.8) is 0 Å². The van der Waals surface area contributed by atoms with Crippen LogP contribution in [0.2, 0.25) is 0 Å². The molecule has 0 amide bonds. The van der Waals surface area contributed by atoms with E-state index in [4.69, 9.17) is 0 Å². The summed E-state index contributed by atoms with van der Waals surface area (Å²) in [7, 11) is -7.68. The molecule has 1 aliphatic heterocycles. The monoisotopic (exact) mass is 487 g/mol. The van der Waals surface area contributed by atoms with E-state index in [2.05, 4.69) is 9.82 Å². The van der Waals surface area contributed by atoms with Crippen molar-refractivity contribution in [1.29, 1.82) is 0 Å². The lowest BCUT2D eigenvalue weighted by Gasteiger charge is -2.23. The minimum absolute atomic E-state index is 0.0244. The Morgan fingerprint density at radius 2 is 1.58 bits per heavy atom. The van der Waals surface area contributed by atoms with Gasteiger partial charge in [0.1, 0.15) is 5.82 Å². The summed E-state index contributed by atoms with van der Waals surface area (Å²) in [4.78, 5) is 0.0244. The van der Waals surface area contributed by atoms with E-state index < -0.39 is 31.9 Å². The minimum Gasteiger partial charge on any atom is -0.283 e. The van der Waals surface area contributed by atoms with Crippen LogP contribution in [0.1, 0.15) is 30.5 Å². The van der Waals surface area contributed by atoms with Gasteiger partial charge in [0.2, 0.25) is 10.0 Å². The second kappa shape index (κ2) is 8.95. The molecule has 1 N–H and O–H groups in total. The minimum atomic E-state index is -4.11. The van der Waals surface area contributed by atoms with Crippen molar-refractivity contribution >= 4 is 31.4 Å². The van der Waals surface area contributed by atoms with E-state index in [1.54, 1.807) is 48.5 Å². The summed E-state index contributed by atoms with van der Waals surface area (Å²) in [6, 6.07) is 19.4. The van der Waals surface area contributed by atoms with Crippen molar-refractivity contribution < 1.29 is 21.2 Å². The third-order valence-corrected chi connectivity index (χ3v) is 8.30. The van der Waals surface area contributed by atoms with Crippen molar-refractivity contribution in [3.8, 4) is 0 Å². The summed E-state index contributed by atoms with van der Waals surface area (Å²) < 4.78 is 69.4. The molecule has 7 nitrogen and oxygen atoms in total. The molecule has 172 valence electrons. The molecular formula is C23H22FN3O4S2. The molecule has 0 spiro atoms.